The van der Waals surface area contributed by atoms with Gasteiger partial charge >= 0.3 is 0 Å². The molecule has 0 saturated heterocycles. The highest BCUT2D eigenvalue weighted by atomic mass is 15.1. The van der Waals surface area contributed by atoms with Gasteiger partial charge in [-0.15, -0.1) is 0 Å². The Morgan fingerprint density at radius 2 is 0.611 bits per heavy atom. The predicted octanol–water partition coefficient (Wildman–Crippen LogP) is 14.9. The second-order valence-electron chi connectivity index (χ2n) is 13.8. The topological polar surface area (TPSA) is 6.48 Å². The second-order valence-corrected chi connectivity index (χ2v) is 13.8. The highest BCUT2D eigenvalue weighted by Crippen LogP contribution is 2.43. The average Bonchev–Trinajstić information content (AvgIpc) is 3.25. The van der Waals surface area contributed by atoms with Crippen LogP contribution in [0.3, 0.4) is 0 Å². The molecular formula is C52H36N2. The third-order valence-corrected chi connectivity index (χ3v) is 10.6. The van der Waals surface area contributed by atoms with E-state index in [0.717, 1.165) is 34.1 Å². The van der Waals surface area contributed by atoms with Gasteiger partial charge in [-0.1, -0.05) is 158 Å². The van der Waals surface area contributed by atoms with E-state index in [0.29, 0.717) is 0 Å². The van der Waals surface area contributed by atoms with Crippen molar-refractivity contribution in [3.63, 3.8) is 0 Å². The summed E-state index contributed by atoms with van der Waals surface area (Å²) in [6.45, 7) is 0. The Morgan fingerprint density at radius 1 is 0.222 bits per heavy atom. The number of hydrogen-bond donors (Lipinski definition) is 0. The van der Waals surface area contributed by atoms with E-state index in [2.05, 4.69) is 228 Å². The summed E-state index contributed by atoms with van der Waals surface area (Å²) in [7, 11) is 0. The van der Waals surface area contributed by atoms with Crippen molar-refractivity contribution in [1.82, 2.24) is 0 Å². The normalized spacial score (nSPS) is 11.3. The molecule has 0 aromatic heterocycles. The van der Waals surface area contributed by atoms with E-state index in [1.807, 2.05) is 0 Å². The first kappa shape index (κ1) is 31.6. The quantitative estimate of drug-likeness (QED) is 0.154. The Balaban J connectivity index is 1.04. The standard InChI is InChI=1S/C52H36N2/c1-2-17-43(18-3-1)53(46-35-30-42-25-24-41-14-4-7-19-47(41)50(42)36-46)44-31-26-37(27-32-44)38-28-33-45(34-29-38)54(51-22-10-15-39-12-5-8-20-48(39)51)52-23-11-16-40-13-6-9-21-49(40)52/h1-36H. The van der Waals surface area contributed by atoms with Crippen LogP contribution in [0.1, 0.15) is 0 Å². The zero-order valence-corrected chi connectivity index (χ0v) is 29.7. The molecule has 0 aliphatic heterocycles. The lowest BCUT2D eigenvalue weighted by molar-refractivity contribution is 1.29. The van der Waals surface area contributed by atoms with Crippen LogP contribution >= 0.6 is 0 Å². The maximum Gasteiger partial charge on any atom is 0.0540 e. The molecule has 0 aliphatic carbocycles. The van der Waals surface area contributed by atoms with E-state index in [-0.39, 0.29) is 0 Å². The maximum absolute atomic E-state index is 2.40. The fourth-order valence-corrected chi connectivity index (χ4v) is 7.97. The zero-order valence-electron chi connectivity index (χ0n) is 29.7. The molecule has 0 N–H and O–H groups in total. The van der Waals surface area contributed by atoms with Gasteiger partial charge < -0.3 is 9.80 Å². The molecule has 0 aliphatic rings. The molecule has 0 amide bonds. The Morgan fingerprint density at radius 3 is 1.19 bits per heavy atom. The average molecular weight is 689 g/mol. The Hall–Kier alpha value is -7.16. The van der Waals surface area contributed by atoms with Crippen molar-refractivity contribution in [1.29, 1.82) is 0 Å². The van der Waals surface area contributed by atoms with E-state index in [4.69, 9.17) is 0 Å². The lowest BCUT2D eigenvalue weighted by Gasteiger charge is -2.28. The molecule has 0 saturated carbocycles. The molecule has 0 heterocycles. The van der Waals surface area contributed by atoms with Gasteiger partial charge in [-0.2, -0.15) is 0 Å². The first-order chi connectivity index (χ1) is 26.8. The van der Waals surface area contributed by atoms with Crippen molar-refractivity contribution in [2.24, 2.45) is 0 Å². The summed E-state index contributed by atoms with van der Waals surface area (Å²) in [6, 6.07) is 78.9. The summed E-state index contributed by atoms with van der Waals surface area (Å²) in [4.78, 5) is 4.75. The minimum absolute atomic E-state index is 1.11. The van der Waals surface area contributed by atoms with Gasteiger partial charge in [0.15, 0.2) is 0 Å². The van der Waals surface area contributed by atoms with Gasteiger partial charge in [0.05, 0.1) is 11.4 Å². The fraction of sp³-hybridized carbons (Fsp3) is 0. The predicted molar refractivity (Wildman–Crippen MR) is 231 cm³/mol. The Bertz CT molecular complexity index is 2840. The molecule has 0 unspecified atom stereocenters. The molecule has 54 heavy (non-hydrogen) atoms. The van der Waals surface area contributed by atoms with Crippen LogP contribution in [0.4, 0.5) is 34.1 Å². The summed E-state index contributed by atoms with van der Waals surface area (Å²) in [5.74, 6) is 0. The monoisotopic (exact) mass is 688 g/mol. The van der Waals surface area contributed by atoms with Crippen molar-refractivity contribution >= 4 is 77.2 Å². The lowest BCUT2D eigenvalue weighted by atomic mass is 10.0. The van der Waals surface area contributed by atoms with Crippen LogP contribution in [0.15, 0.2) is 218 Å². The van der Waals surface area contributed by atoms with E-state index >= 15 is 0 Å². The van der Waals surface area contributed by atoms with Crippen LogP contribution in [0.25, 0.3) is 54.2 Å². The molecule has 254 valence electrons. The van der Waals surface area contributed by atoms with Crippen molar-refractivity contribution in [2.75, 3.05) is 9.80 Å². The molecule has 0 atom stereocenters. The molecule has 2 heteroatoms. The van der Waals surface area contributed by atoms with E-state index in [9.17, 15) is 0 Å². The summed E-state index contributed by atoms with van der Waals surface area (Å²) in [6.07, 6.45) is 0. The number of fused-ring (bicyclic) bond motifs is 5. The number of nitrogens with zero attached hydrogens (tertiary/aromatic N) is 2. The van der Waals surface area contributed by atoms with Gasteiger partial charge in [-0.3, -0.25) is 0 Å². The molecule has 0 spiro atoms. The van der Waals surface area contributed by atoms with Crippen LogP contribution in [-0.2, 0) is 0 Å². The van der Waals surface area contributed by atoms with Gasteiger partial charge in [0, 0.05) is 33.5 Å². The molecule has 0 radical (unpaired) electrons. The van der Waals surface area contributed by atoms with Crippen LogP contribution < -0.4 is 9.80 Å². The SMILES string of the molecule is c1ccc(N(c2ccc(-c3ccc(N(c4cccc5ccccc45)c4cccc5ccccc45)cc3)cc2)c2ccc3ccc4ccccc4c3c2)cc1. The third kappa shape index (κ3) is 5.62. The highest BCUT2D eigenvalue weighted by molar-refractivity contribution is 6.09. The van der Waals surface area contributed by atoms with E-state index in [1.165, 1.54) is 54.2 Å². The molecule has 10 aromatic carbocycles. The zero-order chi connectivity index (χ0) is 35.8. The van der Waals surface area contributed by atoms with Crippen molar-refractivity contribution in [3.05, 3.63) is 218 Å². The Labute approximate surface area is 315 Å². The van der Waals surface area contributed by atoms with Crippen LogP contribution in [0.5, 0.6) is 0 Å². The summed E-state index contributed by atoms with van der Waals surface area (Å²) < 4.78 is 0. The second kappa shape index (κ2) is 13.4. The van der Waals surface area contributed by atoms with E-state index < -0.39 is 0 Å². The number of para-hydroxylation sites is 1. The van der Waals surface area contributed by atoms with Crippen LogP contribution in [-0.4, -0.2) is 0 Å². The van der Waals surface area contributed by atoms with Gasteiger partial charge in [-0.25, -0.2) is 0 Å². The van der Waals surface area contributed by atoms with Gasteiger partial charge in [-0.05, 0) is 104 Å². The molecule has 0 fully saturated rings. The van der Waals surface area contributed by atoms with Crippen molar-refractivity contribution in [2.45, 2.75) is 0 Å². The first-order valence-electron chi connectivity index (χ1n) is 18.5. The molecule has 10 rings (SSSR count). The van der Waals surface area contributed by atoms with Crippen molar-refractivity contribution < 1.29 is 0 Å². The Kier molecular flexibility index (Phi) is 7.85. The van der Waals surface area contributed by atoms with Crippen LogP contribution in [0.2, 0.25) is 0 Å². The largest absolute Gasteiger partial charge is 0.310 e. The summed E-state index contributed by atoms with van der Waals surface area (Å²) in [5, 5.41) is 9.89. The smallest absolute Gasteiger partial charge is 0.0540 e. The van der Waals surface area contributed by atoms with Gasteiger partial charge in [0.2, 0.25) is 0 Å². The molecule has 10 aromatic rings. The van der Waals surface area contributed by atoms with Gasteiger partial charge in [0.1, 0.15) is 0 Å². The van der Waals surface area contributed by atoms with Gasteiger partial charge in [0.25, 0.3) is 0 Å². The third-order valence-electron chi connectivity index (χ3n) is 10.6. The molecule has 0 bridgehead atoms. The van der Waals surface area contributed by atoms with E-state index in [1.54, 1.807) is 0 Å². The molecule has 2 nitrogen and oxygen atoms in total. The number of hydrogen-bond acceptors (Lipinski definition) is 2. The maximum atomic E-state index is 2.40. The summed E-state index contributed by atoms with van der Waals surface area (Å²) >= 11 is 0. The number of rotatable bonds is 7. The minimum atomic E-state index is 1.11. The molecular weight excluding hydrogens is 653 g/mol. The lowest BCUT2D eigenvalue weighted by Crippen LogP contribution is -2.11. The first-order valence-corrected chi connectivity index (χ1v) is 18.5. The van der Waals surface area contributed by atoms with Crippen molar-refractivity contribution in [3.8, 4) is 11.1 Å². The summed E-state index contributed by atoms with van der Waals surface area (Å²) in [5.41, 5.74) is 9.13. The van der Waals surface area contributed by atoms with Crippen LogP contribution in [0, 0.1) is 0 Å². The fourth-order valence-electron chi connectivity index (χ4n) is 7.97. The minimum Gasteiger partial charge on any atom is -0.310 e. The highest BCUT2D eigenvalue weighted by Gasteiger charge is 2.18. The number of benzene rings is 10. The number of anilines is 6.